The van der Waals surface area contributed by atoms with E-state index >= 15 is 0 Å². The van der Waals surface area contributed by atoms with Gasteiger partial charge < -0.3 is 10.1 Å². The minimum Gasteiger partial charge on any atom is -0.480 e. The number of nitrogens with zero attached hydrogens (tertiary/aromatic N) is 3. The number of methoxy groups -OCH3 is 1. The largest absolute Gasteiger partial charge is 0.480 e. The van der Waals surface area contributed by atoms with Crippen LogP contribution in [0.5, 0.6) is 5.88 Å². The van der Waals surface area contributed by atoms with Crippen LogP contribution >= 0.6 is 0 Å². The SMILES string of the molecule is CN[C@@H]1CCCN(Cc2nccnc2OC)C1. The van der Waals surface area contributed by atoms with Crippen molar-refractivity contribution >= 4 is 0 Å². The molecular formula is C12H20N4O. The number of piperidine rings is 1. The van der Waals surface area contributed by atoms with Gasteiger partial charge in [-0.2, -0.15) is 0 Å². The molecule has 5 heteroatoms. The molecule has 94 valence electrons. The molecule has 1 aromatic rings. The van der Waals surface area contributed by atoms with Crippen molar-refractivity contribution in [1.82, 2.24) is 20.2 Å². The van der Waals surface area contributed by atoms with E-state index in [0.29, 0.717) is 11.9 Å². The lowest BCUT2D eigenvalue weighted by Crippen LogP contribution is -2.44. The van der Waals surface area contributed by atoms with Crippen molar-refractivity contribution in [1.29, 1.82) is 0 Å². The first kappa shape index (κ1) is 12.3. The monoisotopic (exact) mass is 236 g/mol. The van der Waals surface area contributed by atoms with Crippen LogP contribution in [0.4, 0.5) is 0 Å². The summed E-state index contributed by atoms with van der Waals surface area (Å²) in [5, 5.41) is 3.34. The number of rotatable bonds is 4. The Labute approximate surface area is 102 Å². The van der Waals surface area contributed by atoms with E-state index in [9.17, 15) is 0 Å². The Morgan fingerprint density at radius 2 is 2.29 bits per heavy atom. The van der Waals surface area contributed by atoms with E-state index in [4.69, 9.17) is 4.74 Å². The van der Waals surface area contributed by atoms with Crippen LogP contribution in [-0.2, 0) is 6.54 Å². The molecule has 0 saturated carbocycles. The van der Waals surface area contributed by atoms with Gasteiger partial charge in [0.2, 0.25) is 5.88 Å². The Bertz CT molecular complexity index is 358. The van der Waals surface area contributed by atoms with Crippen LogP contribution in [-0.4, -0.2) is 48.2 Å². The van der Waals surface area contributed by atoms with Crippen LogP contribution in [0.25, 0.3) is 0 Å². The summed E-state index contributed by atoms with van der Waals surface area (Å²) in [6.45, 7) is 3.00. The zero-order valence-electron chi connectivity index (χ0n) is 10.5. The minimum absolute atomic E-state index is 0.589. The van der Waals surface area contributed by atoms with E-state index in [2.05, 4.69) is 20.2 Å². The van der Waals surface area contributed by atoms with Crippen molar-refractivity contribution in [2.24, 2.45) is 0 Å². The number of likely N-dealkylation sites (tertiary alicyclic amines) is 1. The van der Waals surface area contributed by atoms with Crippen LogP contribution in [0.1, 0.15) is 18.5 Å². The predicted molar refractivity (Wildman–Crippen MR) is 65.9 cm³/mol. The van der Waals surface area contributed by atoms with E-state index in [1.54, 1.807) is 19.5 Å². The summed E-state index contributed by atoms with van der Waals surface area (Å²) in [5.74, 6) is 0.638. The van der Waals surface area contributed by atoms with Gasteiger partial charge in [-0.25, -0.2) is 4.98 Å². The van der Waals surface area contributed by atoms with Gasteiger partial charge in [-0.05, 0) is 26.4 Å². The molecule has 0 bridgehead atoms. The average molecular weight is 236 g/mol. The summed E-state index contributed by atoms with van der Waals surface area (Å²) in [7, 11) is 3.66. The fraction of sp³-hybridized carbons (Fsp3) is 0.667. The predicted octanol–water partition coefficient (Wildman–Crippen LogP) is 0.669. The van der Waals surface area contributed by atoms with Gasteiger partial charge in [-0.15, -0.1) is 0 Å². The van der Waals surface area contributed by atoms with Crippen molar-refractivity contribution in [3.8, 4) is 5.88 Å². The Morgan fingerprint density at radius 3 is 3.06 bits per heavy atom. The van der Waals surface area contributed by atoms with E-state index in [1.807, 2.05) is 7.05 Å². The minimum atomic E-state index is 0.589. The summed E-state index contributed by atoms with van der Waals surface area (Å²) in [5.41, 5.74) is 0.923. The normalized spacial score (nSPS) is 21.4. The summed E-state index contributed by atoms with van der Waals surface area (Å²) in [4.78, 5) is 10.9. The van der Waals surface area contributed by atoms with Crippen LogP contribution in [0.15, 0.2) is 12.4 Å². The Hall–Kier alpha value is -1.20. The smallest absolute Gasteiger partial charge is 0.236 e. The molecule has 1 N–H and O–H groups in total. The molecule has 2 heterocycles. The lowest BCUT2D eigenvalue weighted by molar-refractivity contribution is 0.183. The van der Waals surface area contributed by atoms with Gasteiger partial charge in [0.15, 0.2) is 0 Å². The van der Waals surface area contributed by atoms with Crippen LogP contribution in [0.2, 0.25) is 0 Å². The number of hydrogen-bond donors (Lipinski definition) is 1. The summed E-state index contributed by atoms with van der Waals surface area (Å²) in [6.07, 6.45) is 5.87. The second-order valence-corrected chi connectivity index (χ2v) is 4.38. The molecule has 1 saturated heterocycles. The molecule has 0 aromatic carbocycles. The standard InChI is InChI=1S/C12H20N4O/c1-13-10-4-3-7-16(8-10)9-11-12(17-2)15-6-5-14-11/h5-6,10,13H,3-4,7-9H2,1-2H3/t10-/m1/s1. The van der Waals surface area contributed by atoms with E-state index in [1.165, 1.54) is 12.8 Å². The molecule has 0 spiro atoms. The zero-order valence-corrected chi connectivity index (χ0v) is 10.5. The third-order valence-corrected chi connectivity index (χ3v) is 3.22. The lowest BCUT2D eigenvalue weighted by atomic mass is 10.1. The van der Waals surface area contributed by atoms with Crippen molar-refractivity contribution in [3.63, 3.8) is 0 Å². The number of hydrogen-bond acceptors (Lipinski definition) is 5. The first-order chi connectivity index (χ1) is 8.33. The number of likely N-dealkylation sites (N-methyl/N-ethyl adjacent to an activating group) is 1. The highest BCUT2D eigenvalue weighted by Gasteiger charge is 2.20. The molecule has 17 heavy (non-hydrogen) atoms. The molecule has 1 fully saturated rings. The van der Waals surface area contributed by atoms with Crippen LogP contribution in [0.3, 0.4) is 0 Å². The van der Waals surface area contributed by atoms with Gasteiger partial charge in [0.1, 0.15) is 5.69 Å². The summed E-state index contributed by atoms with van der Waals surface area (Å²) in [6, 6.07) is 0.589. The molecular weight excluding hydrogens is 216 g/mol. The molecule has 1 aliphatic rings. The second-order valence-electron chi connectivity index (χ2n) is 4.38. The third kappa shape index (κ3) is 3.14. The Morgan fingerprint density at radius 1 is 1.47 bits per heavy atom. The maximum absolute atomic E-state index is 5.22. The van der Waals surface area contributed by atoms with Crippen molar-refractivity contribution in [2.45, 2.75) is 25.4 Å². The highest BCUT2D eigenvalue weighted by Crippen LogP contribution is 2.17. The Kier molecular flexibility index (Phi) is 4.28. The molecule has 1 aromatic heterocycles. The fourth-order valence-corrected chi connectivity index (χ4v) is 2.28. The number of aromatic nitrogens is 2. The quantitative estimate of drug-likeness (QED) is 0.832. The molecule has 0 amide bonds. The number of nitrogens with one attached hydrogen (secondary N) is 1. The third-order valence-electron chi connectivity index (χ3n) is 3.22. The van der Waals surface area contributed by atoms with Gasteiger partial charge in [-0.1, -0.05) is 0 Å². The summed E-state index contributed by atoms with van der Waals surface area (Å²) < 4.78 is 5.22. The van der Waals surface area contributed by atoms with Gasteiger partial charge in [0, 0.05) is 31.5 Å². The first-order valence-corrected chi connectivity index (χ1v) is 6.07. The zero-order chi connectivity index (χ0) is 12.1. The highest BCUT2D eigenvalue weighted by atomic mass is 16.5. The molecule has 2 rings (SSSR count). The molecule has 5 nitrogen and oxygen atoms in total. The first-order valence-electron chi connectivity index (χ1n) is 6.07. The lowest BCUT2D eigenvalue weighted by Gasteiger charge is -2.32. The van der Waals surface area contributed by atoms with Gasteiger partial charge >= 0.3 is 0 Å². The topological polar surface area (TPSA) is 50.3 Å². The highest BCUT2D eigenvalue weighted by molar-refractivity contribution is 5.17. The molecule has 1 aliphatic heterocycles. The van der Waals surface area contributed by atoms with Crippen LogP contribution in [0, 0.1) is 0 Å². The fourth-order valence-electron chi connectivity index (χ4n) is 2.28. The van der Waals surface area contributed by atoms with E-state index < -0.39 is 0 Å². The van der Waals surface area contributed by atoms with Crippen molar-refractivity contribution in [3.05, 3.63) is 18.1 Å². The van der Waals surface area contributed by atoms with Crippen molar-refractivity contribution in [2.75, 3.05) is 27.2 Å². The van der Waals surface area contributed by atoms with E-state index in [-0.39, 0.29) is 0 Å². The molecule has 1 atom stereocenters. The molecule has 0 aliphatic carbocycles. The summed E-state index contributed by atoms with van der Waals surface area (Å²) >= 11 is 0. The van der Waals surface area contributed by atoms with E-state index in [0.717, 1.165) is 25.3 Å². The van der Waals surface area contributed by atoms with Crippen LogP contribution < -0.4 is 10.1 Å². The molecule has 0 radical (unpaired) electrons. The Balaban J connectivity index is 2.00. The van der Waals surface area contributed by atoms with Crippen molar-refractivity contribution < 1.29 is 4.74 Å². The maximum atomic E-state index is 5.22. The number of ether oxygens (including phenoxy) is 1. The van der Waals surface area contributed by atoms with Gasteiger partial charge in [0.25, 0.3) is 0 Å². The maximum Gasteiger partial charge on any atom is 0.236 e. The van der Waals surface area contributed by atoms with Gasteiger partial charge in [0.05, 0.1) is 7.11 Å². The second kappa shape index (κ2) is 5.93. The molecule has 0 unspecified atom stereocenters. The average Bonchev–Trinajstić information content (AvgIpc) is 2.39. The van der Waals surface area contributed by atoms with Gasteiger partial charge in [-0.3, -0.25) is 9.88 Å².